The molecule has 0 saturated heterocycles. The minimum Gasteiger partial charge on any atom is -0.125 e. The molecular formula is C15H29P. The number of unbranched alkanes of at least 4 members (excludes halogenated alkanes) is 1. The molecule has 1 saturated carbocycles. The van der Waals surface area contributed by atoms with Gasteiger partial charge in [0.05, 0.1) is 0 Å². The Kier molecular flexibility index (Phi) is 7.21. The summed E-state index contributed by atoms with van der Waals surface area (Å²) in [4.78, 5) is 0. The summed E-state index contributed by atoms with van der Waals surface area (Å²) >= 11 is 0. The first kappa shape index (κ1) is 14.1. The average molecular weight is 240 g/mol. The zero-order valence-corrected chi connectivity index (χ0v) is 12.0. The van der Waals surface area contributed by atoms with Crippen LogP contribution < -0.4 is 0 Å². The van der Waals surface area contributed by atoms with Gasteiger partial charge in [0.2, 0.25) is 0 Å². The molecule has 1 aliphatic carbocycles. The van der Waals surface area contributed by atoms with E-state index >= 15 is 0 Å². The van der Waals surface area contributed by atoms with Crippen molar-refractivity contribution in [3.63, 3.8) is 0 Å². The van der Waals surface area contributed by atoms with Gasteiger partial charge in [-0.3, -0.25) is 0 Å². The van der Waals surface area contributed by atoms with Gasteiger partial charge in [-0.15, -0.1) is 20.4 Å². The second-order valence-corrected chi connectivity index (χ2v) is 7.84. The topological polar surface area (TPSA) is 0 Å². The lowest BCUT2D eigenvalue weighted by molar-refractivity contribution is 0.278. The molecule has 0 heterocycles. The second kappa shape index (κ2) is 8.18. The molecule has 0 aliphatic heterocycles. The van der Waals surface area contributed by atoms with Gasteiger partial charge in [-0.1, -0.05) is 32.3 Å². The van der Waals surface area contributed by atoms with Gasteiger partial charge >= 0.3 is 0 Å². The van der Waals surface area contributed by atoms with Gasteiger partial charge < -0.3 is 0 Å². The Labute approximate surface area is 103 Å². The lowest BCUT2D eigenvalue weighted by atomic mass is 9.78. The van der Waals surface area contributed by atoms with Crippen molar-refractivity contribution in [2.24, 2.45) is 11.8 Å². The zero-order chi connectivity index (χ0) is 11.8. The summed E-state index contributed by atoms with van der Waals surface area (Å²) in [6.07, 6.45) is 19.3. The van der Waals surface area contributed by atoms with Crippen LogP contribution >= 0.6 is 7.55 Å². The van der Waals surface area contributed by atoms with Crippen LogP contribution in [0.5, 0.6) is 0 Å². The molecule has 0 aromatic heterocycles. The Morgan fingerprint density at radius 3 is 2.69 bits per heavy atom. The molecule has 1 heteroatoms. The molecule has 94 valence electrons. The Morgan fingerprint density at radius 2 is 2.00 bits per heavy atom. The van der Waals surface area contributed by atoms with Crippen LogP contribution in [0, 0.1) is 11.8 Å². The maximum Gasteiger partial charge on any atom is -0.0208 e. The molecule has 0 nitrogen and oxygen atoms in total. The first-order chi connectivity index (χ1) is 7.77. The largest absolute Gasteiger partial charge is 0.125 e. The predicted molar refractivity (Wildman–Crippen MR) is 80.3 cm³/mol. The molecule has 0 aromatic carbocycles. The van der Waals surface area contributed by atoms with Gasteiger partial charge in [-0.05, 0) is 49.8 Å². The fourth-order valence-corrected chi connectivity index (χ4v) is 4.73. The number of hydrogen-bond donors (Lipinski definition) is 0. The van der Waals surface area contributed by atoms with Crippen molar-refractivity contribution in [1.82, 2.24) is 0 Å². The van der Waals surface area contributed by atoms with Crippen molar-refractivity contribution in [2.45, 2.75) is 51.9 Å². The van der Waals surface area contributed by atoms with Crippen LogP contribution in [-0.2, 0) is 0 Å². The van der Waals surface area contributed by atoms with Gasteiger partial charge in [0.15, 0.2) is 0 Å². The van der Waals surface area contributed by atoms with Gasteiger partial charge in [-0.2, -0.15) is 0 Å². The standard InChI is InChI=1S/C15H29P/c1-4-6-12-16(3)13-11-15-10-8-7-9-14(15)5-2/h5,14-16H,2-4,6-13H2,1H3. The molecule has 0 N–H and O–H groups in total. The fourth-order valence-electron chi connectivity index (χ4n) is 2.85. The van der Waals surface area contributed by atoms with Crippen LogP contribution in [0.2, 0.25) is 0 Å². The van der Waals surface area contributed by atoms with Crippen molar-refractivity contribution in [2.75, 3.05) is 12.3 Å². The zero-order valence-electron chi connectivity index (χ0n) is 11.0. The SMILES string of the molecule is C=CC1CCCCC1CC[PH](=C)CCCC. The van der Waals surface area contributed by atoms with Gasteiger partial charge in [-0.25, -0.2) is 0 Å². The van der Waals surface area contributed by atoms with E-state index in [1.165, 1.54) is 57.3 Å². The molecule has 3 atom stereocenters. The van der Waals surface area contributed by atoms with Crippen molar-refractivity contribution >= 4 is 13.8 Å². The van der Waals surface area contributed by atoms with E-state index in [2.05, 4.69) is 25.9 Å². The highest BCUT2D eigenvalue weighted by molar-refractivity contribution is 7.55. The average Bonchev–Trinajstić information content (AvgIpc) is 2.34. The summed E-state index contributed by atoms with van der Waals surface area (Å²) in [5.74, 6) is 1.75. The highest BCUT2D eigenvalue weighted by Crippen LogP contribution is 2.35. The minimum atomic E-state index is -0.267. The number of hydrogen-bond acceptors (Lipinski definition) is 0. The third-order valence-corrected chi connectivity index (χ3v) is 6.08. The van der Waals surface area contributed by atoms with E-state index in [9.17, 15) is 0 Å². The normalized spacial score (nSPS) is 27.6. The van der Waals surface area contributed by atoms with E-state index in [0.717, 1.165) is 11.8 Å². The van der Waals surface area contributed by atoms with Crippen LogP contribution in [0.25, 0.3) is 0 Å². The summed E-state index contributed by atoms with van der Waals surface area (Å²) < 4.78 is 0. The van der Waals surface area contributed by atoms with Crippen LogP contribution in [0.3, 0.4) is 0 Å². The lowest BCUT2D eigenvalue weighted by Crippen LogP contribution is -2.18. The number of rotatable bonds is 7. The van der Waals surface area contributed by atoms with Crippen molar-refractivity contribution in [1.29, 1.82) is 0 Å². The molecule has 1 fully saturated rings. The molecule has 0 spiro atoms. The van der Waals surface area contributed by atoms with Crippen molar-refractivity contribution < 1.29 is 0 Å². The molecule has 0 amide bonds. The summed E-state index contributed by atoms with van der Waals surface area (Å²) in [5, 5.41) is 0. The first-order valence-corrected chi connectivity index (χ1v) is 9.19. The summed E-state index contributed by atoms with van der Waals surface area (Å²) in [6.45, 7) is 6.29. The quantitative estimate of drug-likeness (QED) is 0.442. The van der Waals surface area contributed by atoms with Crippen LogP contribution in [0.1, 0.15) is 51.9 Å². The maximum atomic E-state index is 4.39. The monoisotopic (exact) mass is 240 g/mol. The van der Waals surface area contributed by atoms with E-state index in [-0.39, 0.29) is 7.55 Å². The van der Waals surface area contributed by atoms with E-state index in [1.807, 2.05) is 0 Å². The van der Waals surface area contributed by atoms with E-state index in [4.69, 9.17) is 0 Å². The Balaban J connectivity index is 2.24. The highest BCUT2D eigenvalue weighted by Gasteiger charge is 2.21. The molecule has 0 radical (unpaired) electrons. The molecule has 16 heavy (non-hydrogen) atoms. The molecule has 0 aromatic rings. The Hall–Kier alpha value is 0.0400. The van der Waals surface area contributed by atoms with Crippen LogP contribution in [0.15, 0.2) is 12.7 Å². The van der Waals surface area contributed by atoms with E-state index in [0.29, 0.717) is 0 Å². The maximum absolute atomic E-state index is 4.39. The summed E-state index contributed by atoms with van der Waals surface area (Å²) in [7, 11) is -0.267. The molecule has 3 unspecified atom stereocenters. The van der Waals surface area contributed by atoms with Crippen molar-refractivity contribution in [3.05, 3.63) is 12.7 Å². The van der Waals surface area contributed by atoms with Crippen LogP contribution in [-0.4, -0.2) is 18.6 Å². The summed E-state index contributed by atoms with van der Waals surface area (Å²) in [6, 6.07) is 0. The van der Waals surface area contributed by atoms with E-state index < -0.39 is 0 Å². The fraction of sp³-hybridized carbons (Fsp3) is 0.800. The molecule has 1 aliphatic rings. The lowest BCUT2D eigenvalue weighted by Gasteiger charge is -2.29. The predicted octanol–water partition coefficient (Wildman–Crippen LogP) is 4.82. The highest BCUT2D eigenvalue weighted by atomic mass is 31.1. The Morgan fingerprint density at radius 1 is 1.25 bits per heavy atom. The smallest absolute Gasteiger partial charge is 0.0208 e. The molecule has 1 rings (SSSR count). The molecular weight excluding hydrogens is 211 g/mol. The van der Waals surface area contributed by atoms with Gasteiger partial charge in [0, 0.05) is 0 Å². The van der Waals surface area contributed by atoms with E-state index in [1.54, 1.807) is 0 Å². The number of allylic oxidation sites excluding steroid dienone is 1. The van der Waals surface area contributed by atoms with Gasteiger partial charge in [0.1, 0.15) is 0 Å². The third kappa shape index (κ3) is 4.91. The minimum absolute atomic E-state index is 0.267. The first-order valence-electron chi connectivity index (χ1n) is 7.07. The summed E-state index contributed by atoms with van der Waals surface area (Å²) in [5.41, 5.74) is 0. The second-order valence-electron chi connectivity index (χ2n) is 5.34. The van der Waals surface area contributed by atoms with Gasteiger partial charge in [0.25, 0.3) is 0 Å². The van der Waals surface area contributed by atoms with Crippen molar-refractivity contribution in [3.8, 4) is 0 Å². The Bertz CT molecular complexity index is 219. The van der Waals surface area contributed by atoms with Crippen LogP contribution in [0.4, 0.5) is 0 Å². The third-order valence-electron chi connectivity index (χ3n) is 4.02. The molecule has 0 bridgehead atoms.